The van der Waals surface area contributed by atoms with E-state index in [1.54, 1.807) is 0 Å². The molecular formula is C7H12F2N2O. The van der Waals surface area contributed by atoms with Gasteiger partial charge in [0, 0.05) is 7.05 Å². The van der Waals surface area contributed by atoms with Gasteiger partial charge >= 0.3 is 0 Å². The number of carbonyl (C=O) groups excluding carboxylic acids is 1. The zero-order chi connectivity index (χ0) is 9.19. The van der Waals surface area contributed by atoms with Crippen LogP contribution in [0.2, 0.25) is 0 Å². The molecule has 1 atom stereocenters. The van der Waals surface area contributed by atoms with Gasteiger partial charge < -0.3 is 10.6 Å². The van der Waals surface area contributed by atoms with E-state index in [1.807, 2.05) is 0 Å². The molecule has 1 fully saturated rings. The summed E-state index contributed by atoms with van der Waals surface area (Å²) in [6.07, 6.45) is 0.201. The molecule has 5 heteroatoms. The third-order valence-corrected chi connectivity index (χ3v) is 2.04. The maximum absolute atomic E-state index is 13.0. The van der Waals surface area contributed by atoms with Crippen molar-refractivity contribution in [3.8, 4) is 0 Å². The van der Waals surface area contributed by atoms with Crippen LogP contribution in [0.1, 0.15) is 6.42 Å². The lowest BCUT2D eigenvalue weighted by Crippen LogP contribution is -2.51. The highest BCUT2D eigenvalue weighted by atomic mass is 19.3. The Morgan fingerprint density at radius 1 is 1.67 bits per heavy atom. The van der Waals surface area contributed by atoms with Crippen molar-refractivity contribution in [1.82, 2.24) is 10.6 Å². The fourth-order valence-corrected chi connectivity index (χ4v) is 1.33. The Morgan fingerprint density at radius 2 is 2.33 bits per heavy atom. The van der Waals surface area contributed by atoms with Crippen LogP contribution in [-0.2, 0) is 4.79 Å². The lowest BCUT2D eigenvalue weighted by Gasteiger charge is -2.30. The maximum Gasteiger partial charge on any atom is 0.271 e. The molecule has 1 saturated heterocycles. The number of hydrogen-bond donors (Lipinski definition) is 2. The van der Waals surface area contributed by atoms with E-state index in [0.717, 1.165) is 0 Å². The summed E-state index contributed by atoms with van der Waals surface area (Å²) in [5.74, 6) is -4.64. The molecule has 1 aliphatic rings. The normalized spacial score (nSPS) is 28.1. The molecule has 0 aromatic carbocycles. The average molecular weight is 178 g/mol. The van der Waals surface area contributed by atoms with Gasteiger partial charge in [-0.3, -0.25) is 4.79 Å². The second-order valence-corrected chi connectivity index (χ2v) is 2.89. The van der Waals surface area contributed by atoms with E-state index >= 15 is 0 Å². The molecule has 0 aromatic heterocycles. The topological polar surface area (TPSA) is 41.1 Å². The van der Waals surface area contributed by atoms with Crippen molar-refractivity contribution < 1.29 is 13.6 Å². The van der Waals surface area contributed by atoms with Crippen molar-refractivity contribution in [3.05, 3.63) is 0 Å². The van der Waals surface area contributed by atoms with Gasteiger partial charge in [-0.15, -0.1) is 0 Å². The lowest BCUT2D eigenvalue weighted by molar-refractivity contribution is -0.142. The van der Waals surface area contributed by atoms with E-state index in [1.165, 1.54) is 7.05 Å². The molecule has 1 aliphatic heterocycles. The molecule has 0 saturated carbocycles. The summed E-state index contributed by atoms with van der Waals surface area (Å²) in [5.41, 5.74) is 0. The Hall–Kier alpha value is -0.710. The molecule has 1 unspecified atom stereocenters. The van der Waals surface area contributed by atoms with Crippen LogP contribution in [-0.4, -0.2) is 32.0 Å². The van der Waals surface area contributed by atoms with Crippen molar-refractivity contribution in [2.45, 2.75) is 12.3 Å². The van der Waals surface area contributed by atoms with Gasteiger partial charge in [0.2, 0.25) is 5.91 Å². The molecule has 0 spiro atoms. The van der Waals surface area contributed by atoms with E-state index in [-0.39, 0.29) is 6.42 Å². The predicted molar refractivity (Wildman–Crippen MR) is 40.0 cm³/mol. The van der Waals surface area contributed by atoms with Crippen molar-refractivity contribution in [1.29, 1.82) is 0 Å². The third kappa shape index (κ3) is 1.72. The molecule has 2 N–H and O–H groups in total. The van der Waals surface area contributed by atoms with E-state index in [0.29, 0.717) is 6.54 Å². The minimum absolute atomic E-state index is 0.201. The van der Waals surface area contributed by atoms with Crippen LogP contribution in [0.5, 0.6) is 0 Å². The number of piperidine rings is 1. The van der Waals surface area contributed by atoms with Gasteiger partial charge in [-0.25, -0.2) is 8.78 Å². The fraction of sp³-hybridized carbons (Fsp3) is 0.857. The van der Waals surface area contributed by atoms with Crippen LogP contribution < -0.4 is 10.6 Å². The maximum atomic E-state index is 13.0. The molecule has 1 rings (SSSR count). The Bertz CT molecular complexity index is 184. The first-order valence-corrected chi connectivity index (χ1v) is 3.88. The number of rotatable bonds is 1. The van der Waals surface area contributed by atoms with Gasteiger partial charge in [-0.05, 0) is 13.0 Å². The van der Waals surface area contributed by atoms with Crippen molar-refractivity contribution in [2.75, 3.05) is 20.1 Å². The van der Waals surface area contributed by atoms with Gasteiger partial charge in [0.25, 0.3) is 5.92 Å². The number of hydrogen-bond acceptors (Lipinski definition) is 2. The Kier molecular flexibility index (Phi) is 2.62. The third-order valence-electron chi connectivity index (χ3n) is 2.04. The van der Waals surface area contributed by atoms with Crippen molar-refractivity contribution >= 4 is 5.91 Å². The SMILES string of the molecule is CNC(=O)C1CCNCC1(F)F. The van der Waals surface area contributed by atoms with Gasteiger partial charge in [-0.2, -0.15) is 0 Å². The van der Waals surface area contributed by atoms with Crippen LogP contribution in [0.4, 0.5) is 8.78 Å². The van der Waals surface area contributed by atoms with Crippen LogP contribution in [0.3, 0.4) is 0 Å². The summed E-state index contributed by atoms with van der Waals surface area (Å²) in [4.78, 5) is 11.0. The molecule has 1 heterocycles. The zero-order valence-corrected chi connectivity index (χ0v) is 6.86. The molecule has 1 amide bonds. The van der Waals surface area contributed by atoms with E-state index in [4.69, 9.17) is 0 Å². The van der Waals surface area contributed by atoms with Gasteiger partial charge in [0.05, 0.1) is 6.54 Å². The molecule has 0 aliphatic carbocycles. The van der Waals surface area contributed by atoms with Crippen LogP contribution in [0.25, 0.3) is 0 Å². The first kappa shape index (κ1) is 9.38. The smallest absolute Gasteiger partial charge is 0.271 e. The van der Waals surface area contributed by atoms with Gasteiger partial charge in [0.1, 0.15) is 5.92 Å². The second kappa shape index (κ2) is 3.35. The molecule has 12 heavy (non-hydrogen) atoms. The highest BCUT2D eigenvalue weighted by Gasteiger charge is 2.45. The van der Waals surface area contributed by atoms with Gasteiger partial charge in [0.15, 0.2) is 0 Å². The zero-order valence-electron chi connectivity index (χ0n) is 6.86. The molecule has 0 bridgehead atoms. The minimum Gasteiger partial charge on any atom is -0.359 e. The van der Waals surface area contributed by atoms with E-state index in [9.17, 15) is 13.6 Å². The number of halogens is 2. The number of amides is 1. The van der Waals surface area contributed by atoms with E-state index in [2.05, 4.69) is 10.6 Å². The summed E-state index contributed by atoms with van der Waals surface area (Å²) >= 11 is 0. The van der Waals surface area contributed by atoms with E-state index < -0.39 is 24.3 Å². The lowest BCUT2D eigenvalue weighted by atomic mass is 9.93. The molecule has 3 nitrogen and oxygen atoms in total. The molecular weight excluding hydrogens is 166 g/mol. The standard InChI is InChI=1S/C7H12F2N2O/c1-10-6(12)5-2-3-11-4-7(5,8)9/h5,11H,2-4H2,1H3,(H,10,12). The Labute approximate surface area is 69.5 Å². The first-order chi connectivity index (χ1) is 5.58. The highest BCUT2D eigenvalue weighted by Crippen LogP contribution is 2.29. The molecule has 70 valence electrons. The predicted octanol–water partition coefficient (Wildman–Crippen LogP) is -0.0228. The number of nitrogens with one attached hydrogen (secondary N) is 2. The second-order valence-electron chi connectivity index (χ2n) is 2.89. The van der Waals surface area contributed by atoms with Crippen LogP contribution in [0.15, 0.2) is 0 Å². The summed E-state index contributed by atoms with van der Waals surface area (Å²) in [7, 11) is 1.38. The minimum atomic E-state index is -2.90. The Balaban J connectivity index is 2.66. The van der Waals surface area contributed by atoms with Crippen LogP contribution in [0, 0.1) is 5.92 Å². The quantitative estimate of drug-likeness (QED) is 0.592. The van der Waals surface area contributed by atoms with Crippen molar-refractivity contribution in [2.24, 2.45) is 5.92 Å². The summed E-state index contributed by atoms with van der Waals surface area (Å²) in [6, 6.07) is 0. The summed E-state index contributed by atoms with van der Waals surface area (Å²) < 4.78 is 26.0. The first-order valence-electron chi connectivity index (χ1n) is 3.88. The highest BCUT2D eigenvalue weighted by molar-refractivity contribution is 5.79. The number of alkyl halides is 2. The monoisotopic (exact) mass is 178 g/mol. The summed E-state index contributed by atoms with van der Waals surface area (Å²) in [5, 5.41) is 4.80. The largest absolute Gasteiger partial charge is 0.359 e. The fourth-order valence-electron chi connectivity index (χ4n) is 1.33. The van der Waals surface area contributed by atoms with Crippen LogP contribution >= 0.6 is 0 Å². The average Bonchev–Trinajstić information content (AvgIpc) is 2.02. The summed E-state index contributed by atoms with van der Waals surface area (Å²) in [6.45, 7) is 0.0821. The van der Waals surface area contributed by atoms with Gasteiger partial charge in [-0.1, -0.05) is 0 Å². The van der Waals surface area contributed by atoms with Crippen molar-refractivity contribution in [3.63, 3.8) is 0 Å². The number of carbonyl (C=O) groups is 1. The Morgan fingerprint density at radius 3 is 2.83 bits per heavy atom. The molecule has 0 radical (unpaired) electrons. The molecule has 0 aromatic rings.